The molecule has 7 heteroatoms. The van der Waals surface area contributed by atoms with Crippen molar-refractivity contribution >= 4 is 17.0 Å². The van der Waals surface area contributed by atoms with Gasteiger partial charge in [0.25, 0.3) is 0 Å². The van der Waals surface area contributed by atoms with Crippen LogP contribution in [0.5, 0.6) is 0 Å². The maximum absolute atomic E-state index is 12.4. The Kier molecular flexibility index (Phi) is 4.08. The molecule has 0 unspecified atom stereocenters. The van der Waals surface area contributed by atoms with Gasteiger partial charge in [-0.2, -0.15) is 13.2 Å². The summed E-state index contributed by atoms with van der Waals surface area (Å²) in [5.74, 6) is 0. The number of hydrogen-bond donors (Lipinski definition) is 1. The fraction of sp³-hybridized carbons (Fsp3) is 0.231. The van der Waals surface area contributed by atoms with Crippen LogP contribution >= 0.6 is 11.3 Å². The maximum atomic E-state index is 12.4. The van der Waals surface area contributed by atoms with E-state index in [1.165, 1.54) is 23.5 Å². The Labute approximate surface area is 117 Å². The average molecular weight is 300 g/mol. The standard InChI is InChI=1S/C13H11F3N2OS/c1-8(18-19)11-7-17-12(20-11)6-9-2-4-10(5-3-9)13(14,15)16/h2-5,7,19H,6H2,1H3/b18-8-. The van der Waals surface area contributed by atoms with E-state index >= 15 is 0 Å². The number of oxime groups is 1. The molecule has 3 nitrogen and oxygen atoms in total. The second-order valence-electron chi connectivity index (χ2n) is 4.18. The Hall–Kier alpha value is -1.89. The van der Waals surface area contributed by atoms with Gasteiger partial charge in [0.2, 0.25) is 0 Å². The van der Waals surface area contributed by atoms with Crippen molar-refractivity contribution in [2.75, 3.05) is 0 Å². The highest BCUT2D eigenvalue weighted by Gasteiger charge is 2.29. The van der Waals surface area contributed by atoms with Gasteiger partial charge < -0.3 is 5.21 Å². The third kappa shape index (κ3) is 3.36. The molecule has 1 N–H and O–H groups in total. The molecule has 0 aliphatic carbocycles. The summed E-state index contributed by atoms with van der Waals surface area (Å²) < 4.78 is 37.3. The average Bonchev–Trinajstić information content (AvgIpc) is 2.86. The van der Waals surface area contributed by atoms with E-state index in [0.717, 1.165) is 27.6 Å². The summed E-state index contributed by atoms with van der Waals surface area (Å²) in [6.45, 7) is 1.65. The van der Waals surface area contributed by atoms with Gasteiger partial charge >= 0.3 is 6.18 Å². The van der Waals surface area contributed by atoms with Crippen molar-refractivity contribution in [3.05, 3.63) is 51.5 Å². The van der Waals surface area contributed by atoms with Crippen LogP contribution in [0.1, 0.15) is 27.9 Å². The van der Waals surface area contributed by atoms with Crippen LogP contribution in [0, 0.1) is 0 Å². The molecule has 0 bridgehead atoms. The van der Waals surface area contributed by atoms with E-state index in [4.69, 9.17) is 5.21 Å². The normalized spacial score (nSPS) is 12.7. The lowest BCUT2D eigenvalue weighted by Crippen LogP contribution is -2.04. The first kappa shape index (κ1) is 14.5. The summed E-state index contributed by atoms with van der Waals surface area (Å²) in [5, 5.41) is 12.5. The number of aromatic nitrogens is 1. The molecule has 0 saturated carbocycles. The van der Waals surface area contributed by atoms with Crippen LogP contribution < -0.4 is 0 Å². The first-order valence-corrected chi connectivity index (χ1v) is 6.51. The van der Waals surface area contributed by atoms with Gasteiger partial charge in [0.05, 0.1) is 21.2 Å². The highest BCUT2D eigenvalue weighted by Crippen LogP contribution is 2.29. The zero-order valence-corrected chi connectivity index (χ0v) is 11.3. The minimum atomic E-state index is -4.32. The predicted molar refractivity (Wildman–Crippen MR) is 70.4 cm³/mol. The quantitative estimate of drug-likeness (QED) is 0.530. The number of rotatable bonds is 3. The third-order valence-electron chi connectivity index (χ3n) is 2.70. The molecule has 0 atom stereocenters. The van der Waals surface area contributed by atoms with Crippen LogP contribution in [0.4, 0.5) is 13.2 Å². The van der Waals surface area contributed by atoms with E-state index in [1.54, 1.807) is 13.1 Å². The zero-order chi connectivity index (χ0) is 14.8. The van der Waals surface area contributed by atoms with Gasteiger partial charge in [-0.3, -0.25) is 0 Å². The second kappa shape index (κ2) is 5.62. The van der Waals surface area contributed by atoms with E-state index < -0.39 is 11.7 Å². The number of halogens is 3. The maximum Gasteiger partial charge on any atom is 0.416 e. The van der Waals surface area contributed by atoms with Gasteiger partial charge in [0, 0.05) is 12.6 Å². The molecule has 2 aromatic rings. The largest absolute Gasteiger partial charge is 0.416 e. The van der Waals surface area contributed by atoms with Crippen LogP contribution in [-0.4, -0.2) is 15.9 Å². The predicted octanol–water partition coefficient (Wildman–Crippen LogP) is 3.95. The molecule has 0 radical (unpaired) electrons. The summed E-state index contributed by atoms with van der Waals surface area (Å²) in [5.41, 5.74) is 0.544. The highest BCUT2D eigenvalue weighted by atomic mass is 32.1. The third-order valence-corrected chi connectivity index (χ3v) is 3.80. The molecular formula is C13H11F3N2OS. The number of alkyl halides is 3. The smallest absolute Gasteiger partial charge is 0.411 e. The first-order valence-electron chi connectivity index (χ1n) is 5.70. The molecule has 1 aromatic carbocycles. The van der Waals surface area contributed by atoms with Crippen LogP contribution in [0.3, 0.4) is 0 Å². The van der Waals surface area contributed by atoms with Gasteiger partial charge in [0.1, 0.15) is 0 Å². The molecule has 0 amide bonds. The van der Waals surface area contributed by atoms with E-state index in [2.05, 4.69) is 10.1 Å². The zero-order valence-electron chi connectivity index (χ0n) is 10.5. The lowest BCUT2D eigenvalue weighted by molar-refractivity contribution is -0.137. The van der Waals surface area contributed by atoms with Crippen LogP contribution in [0.25, 0.3) is 0 Å². The van der Waals surface area contributed by atoms with Crippen molar-refractivity contribution < 1.29 is 18.4 Å². The van der Waals surface area contributed by atoms with Crippen LogP contribution in [-0.2, 0) is 12.6 Å². The van der Waals surface area contributed by atoms with Gasteiger partial charge in [-0.25, -0.2) is 4.98 Å². The fourth-order valence-electron chi connectivity index (χ4n) is 1.59. The molecule has 0 aliphatic rings. The molecule has 2 rings (SSSR count). The Morgan fingerprint density at radius 1 is 1.30 bits per heavy atom. The molecular weight excluding hydrogens is 289 g/mol. The van der Waals surface area contributed by atoms with Crippen molar-refractivity contribution in [3.8, 4) is 0 Å². The minimum absolute atomic E-state index is 0.446. The summed E-state index contributed by atoms with van der Waals surface area (Å²) in [6.07, 6.45) is -2.29. The molecule has 20 heavy (non-hydrogen) atoms. The van der Waals surface area contributed by atoms with E-state index in [0.29, 0.717) is 12.1 Å². The number of thiazole rings is 1. The molecule has 106 valence electrons. The Morgan fingerprint density at radius 3 is 2.50 bits per heavy atom. The van der Waals surface area contributed by atoms with E-state index in [1.807, 2.05) is 0 Å². The second-order valence-corrected chi connectivity index (χ2v) is 5.29. The molecule has 0 fully saturated rings. The first-order chi connectivity index (χ1) is 9.40. The molecule has 0 aliphatic heterocycles. The van der Waals surface area contributed by atoms with E-state index in [-0.39, 0.29) is 0 Å². The summed E-state index contributed by atoms with van der Waals surface area (Å²) >= 11 is 1.35. The lowest BCUT2D eigenvalue weighted by Gasteiger charge is -2.06. The Bertz CT molecular complexity index is 617. The van der Waals surface area contributed by atoms with Gasteiger partial charge in [-0.15, -0.1) is 11.3 Å². The summed E-state index contributed by atoms with van der Waals surface area (Å²) in [7, 11) is 0. The van der Waals surface area contributed by atoms with Gasteiger partial charge in [-0.1, -0.05) is 17.3 Å². The van der Waals surface area contributed by atoms with Crippen molar-refractivity contribution in [2.45, 2.75) is 19.5 Å². The summed E-state index contributed by atoms with van der Waals surface area (Å²) in [6, 6.07) is 5.00. The molecule has 0 spiro atoms. The van der Waals surface area contributed by atoms with Crippen molar-refractivity contribution in [1.29, 1.82) is 0 Å². The summed E-state index contributed by atoms with van der Waals surface area (Å²) in [4.78, 5) is 4.89. The van der Waals surface area contributed by atoms with Crippen molar-refractivity contribution in [2.24, 2.45) is 5.16 Å². The number of hydrogen-bond acceptors (Lipinski definition) is 4. The molecule has 1 aromatic heterocycles. The SMILES string of the molecule is C/C(=N/O)c1cnc(Cc2ccc(C(F)(F)F)cc2)s1. The lowest BCUT2D eigenvalue weighted by atomic mass is 10.1. The van der Waals surface area contributed by atoms with Gasteiger partial charge in [0.15, 0.2) is 0 Å². The topological polar surface area (TPSA) is 45.5 Å². The Balaban J connectivity index is 2.12. The van der Waals surface area contributed by atoms with Crippen molar-refractivity contribution in [1.82, 2.24) is 4.98 Å². The molecule has 0 saturated heterocycles. The number of benzene rings is 1. The highest BCUT2D eigenvalue weighted by molar-refractivity contribution is 7.13. The monoisotopic (exact) mass is 300 g/mol. The number of nitrogens with zero attached hydrogens (tertiary/aromatic N) is 2. The fourth-order valence-corrected chi connectivity index (χ4v) is 2.49. The van der Waals surface area contributed by atoms with E-state index in [9.17, 15) is 13.2 Å². The van der Waals surface area contributed by atoms with Gasteiger partial charge in [-0.05, 0) is 24.6 Å². The van der Waals surface area contributed by atoms with Crippen LogP contribution in [0.15, 0.2) is 35.6 Å². The van der Waals surface area contributed by atoms with Crippen molar-refractivity contribution in [3.63, 3.8) is 0 Å². The Morgan fingerprint density at radius 2 is 1.95 bits per heavy atom. The molecule has 1 heterocycles. The minimum Gasteiger partial charge on any atom is -0.411 e. The van der Waals surface area contributed by atoms with Crippen LogP contribution in [0.2, 0.25) is 0 Å².